The standard InChI is InChI=1S/C21H25F3N4/c22-21(23,24)16-6-4-15(5-7-16)20(14-25)28-12-10-27(11-13-28)19-8-9-26-18-3-1-2-17(18)19/h4-9,20H,1-3,10-14,25H2. The number of hydrogen-bond donors (Lipinski definition) is 1. The molecule has 1 aromatic heterocycles. The zero-order chi connectivity index (χ0) is 19.7. The largest absolute Gasteiger partial charge is 0.416 e. The van der Waals surface area contributed by atoms with E-state index in [4.69, 9.17) is 5.73 Å². The first-order chi connectivity index (χ1) is 13.5. The van der Waals surface area contributed by atoms with E-state index in [1.165, 1.54) is 23.4 Å². The predicted molar refractivity (Wildman–Crippen MR) is 103 cm³/mol. The van der Waals surface area contributed by atoms with Crippen molar-refractivity contribution in [2.45, 2.75) is 31.5 Å². The summed E-state index contributed by atoms with van der Waals surface area (Å²) in [4.78, 5) is 9.19. The first-order valence-corrected chi connectivity index (χ1v) is 9.80. The summed E-state index contributed by atoms with van der Waals surface area (Å²) in [7, 11) is 0. The van der Waals surface area contributed by atoms with E-state index in [1.54, 1.807) is 12.1 Å². The number of aromatic nitrogens is 1. The molecule has 1 saturated heterocycles. The Morgan fingerprint density at radius 3 is 2.36 bits per heavy atom. The van der Waals surface area contributed by atoms with Crippen LogP contribution >= 0.6 is 0 Å². The van der Waals surface area contributed by atoms with Crippen molar-refractivity contribution in [2.24, 2.45) is 5.73 Å². The number of anilines is 1. The summed E-state index contributed by atoms with van der Waals surface area (Å²) in [5, 5.41) is 0. The van der Waals surface area contributed by atoms with Crippen LogP contribution in [0.15, 0.2) is 36.5 Å². The minimum Gasteiger partial charge on any atom is -0.369 e. The molecular formula is C21H25F3N4. The minimum absolute atomic E-state index is 0.0624. The normalized spacial score (nSPS) is 18.9. The number of benzene rings is 1. The molecule has 2 aliphatic rings. The van der Waals surface area contributed by atoms with E-state index in [-0.39, 0.29) is 6.04 Å². The Balaban J connectivity index is 1.44. The number of alkyl halides is 3. The molecule has 150 valence electrons. The van der Waals surface area contributed by atoms with Crippen molar-refractivity contribution in [2.75, 3.05) is 37.6 Å². The maximum Gasteiger partial charge on any atom is 0.416 e. The fourth-order valence-electron chi connectivity index (χ4n) is 4.41. The third-order valence-electron chi connectivity index (χ3n) is 5.90. The van der Waals surface area contributed by atoms with Gasteiger partial charge in [-0.1, -0.05) is 12.1 Å². The Bertz CT molecular complexity index is 811. The maximum atomic E-state index is 12.8. The van der Waals surface area contributed by atoms with Gasteiger partial charge in [0.1, 0.15) is 0 Å². The fourth-order valence-corrected chi connectivity index (χ4v) is 4.41. The van der Waals surface area contributed by atoms with E-state index in [1.807, 2.05) is 6.20 Å². The average molecular weight is 390 g/mol. The van der Waals surface area contributed by atoms with Gasteiger partial charge in [-0.05, 0) is 48.6 Å². The highest BCUT2D eigenvalue weighted by molar-refractivity contribution is 5.56. The van der Waals surface area contributed by atoms with Gasteiger partial charge in [0.2, 0.25) is 0 Å². The second-order valence-corrected chi connectivity index (χ2v) is 7.50. The Morgan fingerprint density at radius 1 is 1.00 bits per heavy atom. The Morgan fingerprint density at radius 2 is 1.71 bits per heavy atom. The molecular weight excluding hydrogens is 365 g/mol. The number of nitrogens with two attached hydrogens (primary N) is 1. The molecule has 0 bridgehead atoms. The monoisotopic (exact) mass is 390 g/mol. The first kappa shape index (κ1) is 19.2. The van der Waals surface area contributed by atoms with E-state index in [0.717, 1.165) is 56.7 Å². The molecule has 28 heavy (non-hydrogen) atoms. The maximum absolute atomic E-state index is 12.8. The van der Waals surface area contributed by atoms with E-state index < -0.39 is 11.7 Å². The molecule has 1 atom stereocenters. The molecule has 1 aliphatic heterocycles. The van der Waals surface area contributed by atoms with Gasteiger partial charge in [-0.2, -0.15) is 13.2 Å². The van der Waals surface area contributed by atoms with Crippen LogP contribution in [-0.2, 0) is 19.0 Å². The van der Waals surface area contributed by atoms with Gasteiger partial charge in [0.15, 0.2) is 0 Å². The number of hydrogen-bond acceptors (Lipinski definition) is 4. The van der Waals surface area contributed by atoms with Crippen LogP contribution in [0.1, 0.15) is 34.8 Å². The fraction of sp³-hybridized carbons (Fsp3) is 0.476. The van der Waals surface area contributed by atoms with E-state index in [2.05, 4.69) is 20.9 Å². The number of pyridine rings is 1. The Labute approximate surface area is 163 Å². The van der Waals surface area contributed by atoms with Crippen LogP contribution in [0, 0.1) is 0 Å². The molecule has 0 amide bonds. The third-order valence-corrected chi connectivity index (χ3v) is 5.90. The number of piperazine rings is 1. The molecule has 4 nitrogen and oxygen atoms in total. The zero-order valence-electron chi connectivity index (χ0n) is 15.8. The van der Waals surface area contributed by atoms with Crippen LogP contribution in [0.2, 0.25) is 0 Å². The molecule has 0 saturated carbocycles. The molecule has 4 rings (SSSR count). The summed E-state index contributed by atoms with van der Waals surface area (Å²) in [6, 6.07) is 7.46. The lowest BCUT2D eigenvalue weighted by Crippen LogP contribution is -2.49. The Kier molecular flexibility index (Phi) is 5.29. The lowest BCUT2D eigenvalue weighted by Gasteiger charge is -2.40. The Hall–Kier alpha value is -2.12. The molecule has 2 aromatic rings. The van der Waals surface area contributed by atoms with Gasteiger partial charge < -0.3 is 10.6 Å². The lowest BCUT2D eigenvalue weighted by molar-refractivity contribution is -0.137. The summed E-state index contributed by atoms with van der Waals surface area (Å²) in [5.41, 5.74) is 10.1. The summed E-state index contributed by atoms with van der Waals surface area (Å²) in [6.45, 7) is 3.82. The summed E-state index contributed by atoms with van der Waals surface area (Å²) >= 11 is 0. The molecule has 1 aromatic carbocycles. The molecule has 1 aliphatic carbocycles. The highest BCUT2D eigenvalue weighted by Crippen LogP contribution is 2.33. The summed E-state index contributed by atoms with van der Waals surface area (Å²) in [5.74, 6) is 0. The summed E-state index contributed by atoms with van der Waals surface area (Å²) in [6.07, 6.45) is 0.911. The van der Waals surface area contributed by atoms with Crippen LogP contribution in [-0.4, -0.2) is 42.6 Å². The van der Waals surface area contributed by atoms with Crippen LogP contribution in [0.5, 0.6) is 0 Å². The second-order valence-electron chi connectivity index (χ2n) is 7.50. The first-order valence-electron chi connectivity index (χ1n) is 9.80. The van der Waals surface area contributed by atoms with Gasteiger partial charge in [-0.25, -0.2) is 0 Å². The molecule has 7 heteroatoms. The number of fused-ring (bicyclic) bond motifs is 1. The molecule has 1 unspecified atom stereocenters. The van der Waals surface area contributed by atoms with Crippen LogP contribution in [0.25, 0.3) is 0 Å². The van der Waals surface area contributed by atoms with Crippen molar-refractivity contribution < 1.29 is 13.2 Å². The van der Waals surface area contributed by atoms with Crippen molar-refractivity contribution >= 4 is 5.69 Å². The van der Waals surface area contributed by atoms with Crippen LogP contribution < -0.4 is 10.6 Å². The number of nitrogens with zero attached hydrogens (tertiary/aromatic N) is 3. The van der Waals surface area contributed by atoms with Gasteiger partial charge in [-0.15, -0.1) is 0 Å². The average Bonchev–Trinajstić information content (AvgIpc) is 3.18. The van der Waals surface area contributed by atoms with Crippen molar-refractivity contribution in [1.29, 1.82) is 0 Å². The zero-order valence-corrected chi connectivity index (χ0v) is 15.8. The second kappa shape index (κ2) is 7.72. The van der Waals surface area contributed by atoms with Crippen LogP contribution in [0.4, 0.5) is 18.9 Å². The highest BCUT2D eigenvalue weighted by atomic mass is 19.4. The molecule has 0 radical (unpaired) electrons. The number of aryl methyl sites for hydroxylation is 1. The third kappa shape index (κ3) is 3.73. The quantitative estimate of drug-likeness (QED) is 0.869. The molecule has 0 spiro atoms. The SMILES string of the molecule is NCC(c1ccc(C(F)(F)F)cc1)N1CCN(c2ccnc3c2CCC3)CC1. The molecule has 2 heterocycles. The van der Waals surface area contributed by atoms with Crippen molar-refractivity contribution in [1.82, 2.24) is 9.88 Å². The smallest absolute Gasteiger partial charge is 0.369 e. The minimum atomic E-state index is -4.31. The van der Waals surface area contributed by atoms with E-state index >= 15 is 0 Å². The van der Waals surface area contributed by atoms with Gasteiger partial charge in [0, 0.05) is 56.3 Å². The van der Waals surface area contributed by atoms with Crippen LogP contribution in [0.3, 0.4) is 0 Å². The van der Waals surface area contributed by atoms with Gasteiger partial charge in [-0.3, -0.25) is 9.88 Å². The van der Waals surface area contributed by atoms with Crippen molar-refractivity contribution in [3.8, 4) is 0 Å². The highest BCUT2D eigenvalue weighted by Gasteiger charge is 2.31. The number of rotatable bonds is 4. The van der Waals surface area contributed by atoms with E-state index in [9.17, 15) is 13.2 Å². The summed E-state index contributed by atoms with van der Waals surface area (Å²) < 4.78 is 38.4. The topological polar surface area (TPSA) is 45.4 Å². The van der Waals surface area contributed by atoms with Gasteiger partial charge >= 0.3 is 6.18 Å². The molecule has 1 fully saturated rings. The predicted octanol–water partition coefficient (Wildman–Crippen LogP) is 3.41. The van der Waals surface area contributed by atoms with Crippen molar-refractivity contribution in [3.05, 3.63) is 58.9 Å². The van der Waals surface area contributed by atoms with E-state index in [0.29, 0.717) is 6.54 Å². The lowest BCUT2D eigenvalue weighted by atomic mass is 10.0. The van der Waals surface area contributed by atoms with Crippen molar-refractivity contribution in [3.63, 3.8) is 0 Å². The number of halogens is 3. The molecule has 2 N–H and O–H groups in total. The van der Waals surface area contributed by atoms with Gasteiger partial charge in [0.25, 0.3) is 0 Å². The van der Waals surface area contributed by atoms with Gasteiger partial charge in [0.05, 0.1) is 5.56 Å².